The smallest absolute Gasteiger partial charge is 0.343 e. The molecule has 0 aliphatic carbocycles. The first-order chi connectivity index (χ1) is 15.0. The van der Waals surface area contributed by atoms with Crippen molar-refractivity contribution in [2.75, 3.05) is 7.11 Å². The predicted molar refractivity (Wildman–Crippen MR) is 113 cm³/mol. The summed E-state index contributed by atoms with van der Waals surface area (Å²) in [6, 6.07) is 18.6. The van der Waals surface area contributed by atoms with Gasteiger partial charge in [0.05, 0.1) is 23.8 Å². The molecular formula is C22H17N3O6. The van der Waals surface area contributed by atoms with Gasteiger partial charge >= 0.3 is 5.97 Å². The molecule has 0 bridgehead atoms. The van der Waals surface area contributed by atoms with E-state index in [1.807, 2.05) is 0 Å². The maximum absolute atomic E-state index is 12.4. The summed E-state index contributed by atoms with van der Waals surface area (Å²) < 4.78 is 10.5. The molecule has 0 aliphatic rings. The molecule has 9 nitrogen and oxygen atoms in total. The number of carbonyl (C=O) groups is 2. The molecule has 1 N–H and O–H groups in total. The minimum Gasteiger partial charge on any atom is -0.497 e. The molecule has 0 aliphatic heterocycles. The number of para-hydroxylation sites is 2. The Morgan fingerprint density at radius 1 is 1.00 bits per heavy atom. The van der Waals surface area contributed by atoms with Crippen molar-refractivity contribution in [2.45, 2.75) is 0 Å². The van der Waals surface area contributed by atoms with Crippen LogP contribution < -0.4 is 14.9 Å². The van der Waals surface area contributed by atoms with Crippen molar-refractivity contribution in [1.82, 2.24) is 5.43 Å². The Morgan fingerprint density at radius 2 is 1.68 bits per heavy atom. The number of nitro groups is 1. The topological polar surface area (TPSA) is 120 Å². The minimum absolute atomic E-state index is 0.121. The normalized spacial score (nSPS) is 10.5. The summed E-state index contributed by atoms with van der Waals surface area (Å²) in [5.41, 5.74) is 2.54. The van der Waals surface area contributed by atoms with Crippen LogP contribution in [0.2, 0.25) is 0 Å². The van der Waals surface area contributed by atoms with Gasteiger partial charge in [-0.1, -0.05) is 24.3 Å². The highest BCUT2D eigenvalue weighted by Gasteiger charge is 2.18. The van der Waals surface area contributed by atoms with Gasteiger partial charge in [0.1, 0.15) is 17.1 Å². The van der Waals surface area contributed by atoms with Crippen LogP contribution >= 0.6 is 0 Å². The number of hydrogen-bond acceptors (Lipinski definition) is 7. The van der Waals surface area contributed by atoms with Gasteiger partial charge in [0.15, 0.2) is 0 Å². The molecule has 0 saturated carbocycles. The zero-order valence-electron chi connectivity index (χ0n) is 16.3. The monoisotopic (exact) mass is 419 g/mol. The average molecular weight is 419 g/mol. The molecule has 0 radical (unpaired) electrons. The van der Waals surface area contributed by atoms with Crippen molar-refractivity contribution in [1.29, 1.82) is 0 Å². The second-order valence-corrected chi connectivity index (χ2v) is 6.13. The lowest BCUT2D eigenvalue weighted by molar-refractivity contribution is -0.385. The van der Waals surface area contributed by atoms with E-state index in [0.717, 1.165) is 0 Å². The lowest BCUT2D eigenvalue weighted by Crippen LogP contribution is -2.19. The van der Waals surface area contributed by atoms with Gasteiger partial charge in [-0.15, -0.1) is 0 Å². The van der Waals surface area contributed by atoms with E-state index in [9.17, 15) is 19.7 Å². The highest BCUT2D eigenvalue weighted by atomic mass is 16.6. The molecule has 3 aromatic rings. The number of benzene rings is 3. The predicted octanol–water partition coefficient (Wildman–Crippen LogP) is 3.59. The third-order valence-electron chi connectivity index (χ3n) is 4.16. The summed E-state index contributed by atoms with van der Waals surface area (Å²) in [6.07, 6.45) is 1.28. The number of hydrogen-bond donors (Lipinski definition) is 1. The van der Waals surface area contributed by atoms with Crippen molar-refractivity contribution in [3.8, 4) is 11.5 Å². The van der Waals surface area contributed by atoms with Crippen LogP contribution in [0.4, 0.5) is 5.69 Å². The number of ether oxygens (including phenoxy) is 2. The number of esters is 1. The molecule has 3 aromatic carbocycles. The Bertz CT molecular complexity index is 1140. The summed E-state index contributed by atoms with van der Waals surface area (Å²) in [5.74, 6) is -0.478. The van der Waals surface area contributed by atoms with Gasteiger partial charge in [-0.3, -0.25) is 14.9 Å². The number of nitrogens with one attached hydrogen (secondary N) is 1. The Balaban J connectivity index is 1.71. The van der Waals surface area contributed by atoms with Gasteiger partial charge in [0.2, 0.25) is 0 Å². The van der Waals surface area contributed by atoms with Crippen molar-refractivity contribution in [2.24, 2.45) is 5.10 Å². The molecule has 0 fully saturated rings. The molecule has 0 unspecified atom stereocenters. The summed E-state index contributed by atoms with van der Waals surface area (Å²) in [6.45, 7) is 0. The lowest BCUT2D eigenvalue weighted by atomic mass is 10.2. The van der Waals surface area contributed by atoms with Crippen molar-refractivity contribution < 1.29 is 24.0 Å². The van der Waals surface area contributed by atoms with Gasteiger partial charge in [0, 0.05) is 11.6 Å². The summed E-state index contributed by atoms with van der Waals surface area (Å²) >= 11 is 0. The number of rotatable bonds is 7. The van der Waals surface area contributed by atoms with E-state index >= 15 is 0 Å². The molecule has 9 heteroatoms. The molecule has 0 spiro atoms. The van der Waals surface area contributed by atoms with Crippen molar-refractivity contribution in [3.05, 3.63) is 99.6 Å². The lowest BCUT2D eigenvalue weighted by Gasteiger charge is -2.08. The van der Waals surface area contributed by atoms with E-state index in [1.165, 1.54) is 37.6 Å². The quantitative estimate of drug-likeness (QED) is 0.205. The van der Waals surface area contributed by atoms with E-state index in [0.29, 0.717) is 16.9 Å². The third kappa shape index (κ3) is 5.30. The largest absolute Gasteiger partial charge is 0.497 e. The summed E-state index contributed by atoms with van der Waals surface area (Å²) in [5, 5.41) is 14.9. The van der Waals surface area contributed by atoms with Gasteiger partial charge < -0.3 is 9.47 Å². The van der Waals surface area contributed by atoms with Gasteiger partial charge in [-0.25, -0.2) is 10.2 Å². The molecule has 0 saturated heterocycles. The van der Waals surface area contributed by atoms with E-state index in [1.54, 1.807) is 48.5 Å². The third-order valence-corrected chi connectivity index (χ3v) is 4.16. The fourth-order valence-corrected chi connectivity index (χ4v) is 2.61. The molecule has 3 rings (SSSR count). The average Bonchev–Trinajstić information content (AvgIpc) is 2.80. The van der Waals surface area contributed by atoms with E-state index in [-0.39, 0.29) is 17.0 Å². The van der Waals surface area contributed by atoms with Gasteiger partial charge in [-0.05, 0) is 42.5 Å². The van der Waals surface area contributed by atoms with Crippen LogP contribution in [0.5, 0.6) is 11.5 Å². The Labute approximate surface area is 177 Å². The number of nitrogens with zero attached hydrogens (tertiary/aromatic N) is 2. The number of methoxy groups -OCH3 is 1. The van der Waals surface area contributed by atoms with Crippen molar-refractivity contribution in [3.63, 3.8) is 0 Å². The molecule has 0 atom stereocenters. The fraction of sp³-hybridized carbons (Fsp3) is 0.0455. The minimum atomic E-state index is -0.740. The Kier molecular flexibility index (Phi) is 6.69. The van der Waals surface area contributed by atoms with Crippen LogP contribution in [0.15, 0.2) is 77.9 Å². The zero-order chi connectivity index (χ0) is 22.2. The number of hydrazone groups is 1. The molecule has 31 heavy (non-hydrogen) atoms. The summed E-state index contributed by atoms with van der Waals surface area (Å²) in [4.78, 5) is 35.0. The molecule has 1 amide bonds. The number of nitro benzene ring substituents is 1. The zero-order valence-corrected chi connectivity index (χ0v) is 16.3. The fourth-order valence-electron chi connectivity index (χ4n) is 2.61. The molecular weight excluding hydrogens is 402 g/mol. The van der Waals surface area contributed by atoms with Crippen LogP contribution in [0.1, 0.15) is 26.3 Å². The highest BCUT2D eigenvalue weighted by molar-refractivity contribution is 5.99. The first-order valence-electron chi connectivity index (χ1n) is 9.01. The Morgan fingerprint density at radius 3 is 2.39 bits per heavy atom. The van der Waals surface area contributed by atoms with E-state index in [2.05, 4.69) is 10.5 Å². The summed E-state index contributed by atoms with van der Waals surface area (Å²) in [7, 11) is 1.53. The first kappa shape index (κ1) is 21.2. The van der Waals surface area contributed by atoms with E-state index in [4.69, 9.17) is 9.47 Å². The maximum Gasteiger partial charge on any atom is 0.343 e. The second-order valence-electron chi connectivity index (χ2n) is 6.13. The van der Waals surface area contributed by atoms with Gasteiger partial charge in [-0.2, -0.15) is 5.10 Å². The van der Waals surface area contributed by atoms with Crippen LogP contribution in [-0.2, 0) is 0 Å². The SMILES string of the molecule is COc1ccc(C(=O)Oc2ccccc2C=NNC(=O)c2ccccc2[N+](=O)[O-])cc1. The standard InChI is InChI=1S/C22H17N3O6/c1-30-17-12-10-15(11-13-17)22(27)31-20-9-5-2-6-16(20)14-23-24-21(26)18-7-3-4-8-19(18)25(28)29/h2-14H,1H3,(H,24,26). The van der Waals surface area contributed by atoms with Gasteiger partial charge in [0.25, 0.3) is 11.6 Å². The molecule has 156 valence electrons. The number of amides is 1. The van der Waals surface area contributed by atoms with Crippen LogP contribution in [-0.4, -0.2) is 30.1 Å². The number of carbonyl (C=O) groups excluding carboxylic acids is 2. The van der Waals surface area contributed by atoms with Crippen molar-refractivity contribution >= 4 is 23.8 Å². The van der Waals surface area contributed by atoms with Crippen LogP contribution in [0.3, 0.4) is 0 Å². The Hall–Kier alpha value is -4.53. The first-order valence-corrected chi connectivity index (χ1v) is 9.01. The maximum atomic E-state index is 12.4. The van der Waals surface area contributed by atoms with Crippen LogP contribution in [0.25, 0.3) is 0 Å². The molecule has 0 heterocycles. The molecule has 0 aromatic heterocycles. The second kappa shape index (κ2) is 9.79. The van der Waals surface area contributed by atoms with Crippen LogP contribution in [0, 0.1) is 10.1 Å². The highest BCUT2D eigenvalue weighted by Crippen LogP contribution is 2.20. The van der Waals surface area contributed by atoms with E-state index < -0.39 is 16.8 Å².